The summed E-state index contributed by atoms with van der Waals surface area (Å²) < 4.78 is 0. The van der Waals surface area contributed by atoms with Crippen LogP contribution in [-0.4, -0.2) is 47.0 Å². The minimum atomic E-state index is -0.170. The van der Waals surface area contributed by atoms with Crippen LogP contribution in [0.1, 0.15) is 37.8 Å². The summed E-state index contributed by atoms with van der Waals surface area (Å²) in [6, 6.07) is 10.9. The highest BCUT2D eigenvalue weighted by molar-refractivity contribution is 5.86. The predicted molar refractivity (Wildman–Crippen MR) is 81.6 cm³/mol. The van der Waals surface area contributed by atoms with E-state index in [1.165, 1.54) is 19.4 Å². The highest BCUT2D eigenvalue weighted by Gasteiger charge is 2.48. The van der Waals surface area contributed by atoms with Crippen molar-refractivity contribution in [2.24, 2.45) is 0 Å². The van der Waals surface area contributed by atoms with Gasteiger partial charge in [-0.25, -0.2) is 0 Å². The molecule has 4 rings (SSSR count). The highest BCUT2D eigenvalue weighted by atomic mass is 16.2. The van der Waals surface area contributed by atoms with Gasteiger partial charge in [-0.2, -0.15) is 0 Å². The predicted octanol–water partition coefficient (Wildman–Crippen LogP) is 1.74. The molecule has 0 aliphatic carbocycles. The fourth-order valence-corrected chi connectivity index (χ4v) is 4.45. The lowest BCUT2D eigenvalue weighted by Crippen LogP contribution is -2.48. The largest absolute Gasteiger partial charge is 0.321 e. The average molecular weight is 285 g/mol. The minimum absolute atomic E-state index is 0.133. The van der Waals surface area contributed by atoms with Crippen LogP contribution < -0.4 is 5.32 Å². The zero-order valence-corrected chi connectivity index (χ0v) is 12.5. The number of hydrogen-bond acceptors (Lipinski definition) is 3. The van der Waals surface area contributed by atoms with Crippen molar-refractivity contribution in [1.82, 2.24) is 15.1 Å². The van der Waals surface area contributed by atoms with E-state index >= 15 is 0 Å². The van der Waals surface area contributed by atoms with E-state index in [2.05, 4.69) is 22.0 Å². The quantitative estimate of drug-likeness (QED) is 0.899. The molecule has 3 fully saturated rings. The molecule has 3 heterocycles. The summed E-state index contributed by atoms with van der Waals surface area (Å²) in [6.45, 7) is 4.49. The molecule has 3 aliphatic heterocycles. The molecule has 1 aromatic carbocycles. The monoisotopic (exact) mass is 285 g/mol. The van der Waals surface area contributed by atoms with Crippen LogP contribution in [0.15, 0.2) is 30.3 Å². The summed E-state index contributed by atoms with van der Waals surface area (Å²) in [5, 5.41) is 3.48. The molecule has 4 heteroatoms. The molecule has 21 heavy (non-hydrogen) atoms. The first-order valence-electron chi connectivity index (χ1n) is 8.13. The van der Waals surface area contributed by atoms with Crippen LogP contribution in [0.3, 0.4) is 0 Å². The molecule has 0 aromatic heterocycles. The Morgan fingerprint density at radius 2 is 1.90 bits per heavy atom. The van der Waals surface area contributed by atoms with Crippen LogP contribution in [-0.2, 0) is 4.79 Å². The number of nitrogens with one attached hydrogen (secondary N) is 1. The maximum atomic E-state index is 12.9. The van der Waals surface area contributed by atoms with Gasteiger partial charge in [0, 0.05) is 12.6 Å². The van der Waals surface area contributed by atoms with Gasteiger partial charge in [-0.1, -0.05) is 30.3 Å². The SMILES string of the molecule is CC1NC(c2ccccc2)C(=O)N1C1CCN2CCCC12. The molecule has 3 aliphatic rings. The highest BCUT2D eigenvalue weighted by Crippen LogP contribution is 2.35. The van der Waals surface area contributed by atoms with Crippen LogP contribution >= 0.6 is 0 Å². The molecule has 1 aromatic rings. The van der Waals surface area contributed by atoms with Crippen LogP contribution in [0.25, 0.3) is 0 Å². The zero-order valence-electron chi connectivity index (χ0n) is 12.5. The van der Waals surface area contributed by atoms with E-state index < -0.39 is 0 Å². The van der Waals surface area contributed by atoms with Gasteiger partial charge >= 0.3 is 0 Å². The van der Waals surface area contributed by atoms with Crippen molar-refractivity contribution in [2.75, 3.05) is 13.1 Å². The molecule has 0 radical (unpaired) electrons. The van der Waals surface area contributed by atoms with Crippen molar-refractivity contribution in [3.8, 4) is 0 Å². The van der Waals surface area contributed by atoms with Crippen molar-refractivity contribution < 1.29 is 4.79 Å². The van der Waals surface area contributed by atoms with Gasteiger partial charge in [-0.05, 0) is 38.3 Å². The van der Waals surface area contributed by atoms with Gasteiger partial charge in [0.15, 0.2) is 0 Å². The standard InChI is InChI=1S/C17H23N3O/c1-12-18-16(13-6-3-2-4-7-13)17(21)20(12)15-9-11-19-10-5-8-14(15)19/h2-4,6-7,12,14-16,18H,5,8-11H2,1H3. The number of benzene rings is 1. The van der Waals surface area contributed by atoms with Gasteiger partial charge < -0.3 is 4.90 Å². The summed E-state index contributed by atoms with van der Waals surface area (Å²) in [7, 11) is 0. The first-order valence-corrected chi connectivity index (χ1v) is 8.13. The minimum Gasteiger partial charge on any atom is -0.321 e. The van der Waals surface area contributed by atoms with Crippen molar-refractivity contribution in [1.29, 1.82) is 0 Å². The van der Waals surface area contributed by atoms with E-state index in [0.29, 0.717) is 12.1 Å². The van der Waals surface area contributed by atoms with Gasteiger partial charge in [0.1, 0.15) is 6.04 Å². The lowest BCUT2D eigenvalue weighted by molar-refractivity contribution is -0.132. The second-order valence-electron chi connectivity index (χ2n) is 6.53. The van der Waals surface area contributed by atoms with E-state index in [1.807, 2.05) is 30.3 Å². The van der Waals surface area contributed by atoms with Crippen molar-refractivity contribution in [3.63, 3.8) is 0 Å². The first kappa shape index (κ1) is 13.3. The second kappa shape index (κ2) is 5.11. The molecule has 112 valence electrons. The van der Waals surface area contributed by atoms with E-state index in [9.17, 15) is 4.79 Å². The van der Waals surface area contributed by atoms with Crippen LogP contribution in [0.2, 0.25) is 0 Å². The summed E-state index contributed by atoms with van der Waals surface area (Å²) in [5.41, 5.74) is 1.08. The Kier molecular flexibility index (Phi) is 3.23. The van der Waals surface area contributed by atoms with Gasteiger partial charge in [0.2, 0.25) is 5.91 Å². The molecular weight excluding hydrogens is 262 g/mol. The number of carbonyl (C=O) groups excluding carboxylic acids is 1. The first-order chi connectivity index (χ1) is 10.3. The number of nitrogens with zero attached hydrogens (tertiary/aromatic N) is 2. The number of amides is 1. The third kappa shape index (κ3) is 2.09. The van der Waals surface area contributed by atoms with Gasteiger partial charge in [-0.3, -0.25) is 15.0 Å². The third-order valence-corrected chi connectivity index (χ3v) is 5.39. The van der Waals surface area contributed by atoms with E-state index in [0.717, 1.165) is 18.5 Å². The van der Waals surface area contributed by atoms with Crippen LogP contribution in [0.4, 0.5) is 0 Å². The van der Waals surface area contributed by atoms with Crippen LogP contribution in [0, 0.1) is 0 Å². The molecule has 1 amide bonds. The smallest absolute Gasteiger partial charge is 0.245 e. The van der Waals surface area contributed by atoms with Gasteiger partial charge in [-0.15, -0.1) is 0 Å². The Balaban J connectivity index is 1.58. The second-order valence-corrected chi connectivity index (χ2v) is 6.53. The lowest BCUT2D eigenvalue weighted by atomic mass is 10.0. The Bertz CT molecular complexity index is 532. The summed E-state index contributed by atoms with van der Waals surface area (Å²) in [4.78, 5) is 17.6. The van der Waals surface area contributed by atoms with Crippen molar-refractivity contribution >= 4 is 5.91 Å². The number of fused-ring (bicyclic) bond motifs is 1. The fraction of sp³-hybridized carbons (Fsp3) is 0.588. The molecule has 0 bridgehead atoms. The Morgan fingerprint density at radius 3 is 2.71 bits per heavy atom. The summed E-state index contributed by atoms with van der Waals surface area (Å²) in [6.07, 6.45) is 3.79. The average Bonchev–Trinajstić information content (AvgIpc) is 3.16. The molecule has 0 spiro atoms. The third-order valence-electron chi connectivity index (χ3n) is 5.39. The molecule has 4 unspecified atom stereocenters. The molecular formula is C17H23N3O. The van der Waals surface area contributed by atoms with Gasteiger partial charge in [0.25, 0.3) is 0 Å². The topological polar surface area (TPSA) is 35.6 Å². The molecule has 1 N–H and O–H groups in total. The summed E-state index contributed by atoms with van der Waals surface area (Å²) in [5.74, 6) is 0.257. The zero-order chi connectivity index (χ0) is 14.4. The molecule has 4 nitrogen and oxygen atoms in total. The van der Waals surface area contributed by atoms with Crippen LogP contribution in [0.5, 0.6) is 0 Å². The number of carbonyl (C=O) groups is 1. The molecule has 4 atom stereocenters. The number of hydrogen-bond donors (Lipinski definition) is 1. The maximum absolute atomic E-state index is 12.9. The normalized spacial score (nSPS) is 36.4. The van der Waals surface area contributed by atoms with Gasteiger partial charge in [0.05, 0.1) is 12.2 Å². The van der Waals surface area contributed by atoms with Crippen molar-refractivity contribution in [3.05, 3.63) is 35.9 Å². The Labute approximate surface area is 126 Å². The van der Waals surface area contributed by atoms with E-state index in [4.69, 9.17) is 0 Å². The Hall–Kier alpha value is -1.39. The lowest BCUT2D eigenvalue weighted by Gasteiger charge is -2.32. The van der Waals surface area contributed by atoms with E-state index in [1.54, 1.807) is 0 Å². The van der Waals surface area contributed by atoms with Crippen molar-refractivity contribution in [2.45, 2.75) is 50.5 Å². The van der Waals surface area contributed by atoms with E-state index in [-0.39, 0.29) is 18.1 Å². The summed E-state index contributed by atoms with van der Waals surface area (Å²) >= 11 is 0. The number of rotatable bonds is 2. The maximum Gasteiger partial charge on any atom is 0.245 e. The molecule has 3 saturated heterocycles. The molecule has 0 saturated carbocycles. The fourth-order valence-electron chi connectivity index (χ4n) is 4.45. The Morgan fingerprint density at radius 1 is 1.10 bits per heavy atom.